The van der Waals surface area contributed by atoms with Crippen LogP contribution in [0.1, 0.15) is 23.4 Å². The van der Waals surface area contributed by atoms with E-state index in [9.17, 15) is 9.59 Å². The summed E-state index contributed by atoms with van der Waals surface area (Å²) in [5.41, 5.74) is 3.64. The highest BCUT2D eigenvalue weighted by Gasteiger charge is 2.22. The standard InChI is InChI=1S/C24H29N7O2/c1-18-16-19(2)31(28-18)11-8-22(32)27-21-6-4-20(5-7-21)17-23(33)29-12-14-30(15-13-29)24-25-9-3-10-26-24/h3-7,9-10,16H,8,11-15,17H2,1-2H3,(H,27,32). The molecule has 3 aromatic rings. The minimum absolute atomic E-state index is 0.0633. The van der Waals surface area contributed by atoms with Crippen molar-refractivity contribution in [1.29, 1.82) is 0 Å². The Bertz CT molecular complexity index is 1090. The lowest BCUT2D eigenvalue weighted by atomic mass is 10.1. The van der Waals surface area contributed by atoms with E-state index in [-0.39, 0.29) is 11.8 Å². The van der Waals surface area contributed by atoms with Crippen LogP contribution in [0.25, 0.3) is 0 Å². The van der Waals surface area contributed by atoms with E-state index < -0.39 is 0 Å². The second kappa shape index (κ2) is 10.2. The first-order valence-electron chi connectivity index (χ1n) is 11.2. The molecule has 1 fully saturated rings. The van der Waals surface area contributed by atoms with Gasteiger partial charge in [0.2, 0.25) is 17.8 Å². The third kappa shape index (κ3) is 5.94. The zero-order chi connectivity index (χ0) is 23.2. The van der Waals surface area contributed by atoms with Crippen molar-refractivity contribution in [2.45, 2.75) is 33.2 Å². The number of benzene rings is 1. The molecule has 4 rings (SSSR count). The number of hydrogen-bond acceptors (Lipinski definition) is 6. The molecule has 0 atom stereocenters. The van der Waals surface area contributed by atoms with Crippen molar-refractivity contribution in [3.05, 3.63) is 65.7 Å². The van der Waals surface area contributed by atoms with E-state index in [1.807, 2.05) is 53.8 Å². The van der Waals surface area contributed by atoms with Crippen LogP contribution in [0.2, 0.25) is 0 Å². The maximum Gasteiger partial charge on any atom is 0.227 e. The molecular formula is C24H29N7O2. The van der Waals surface area contributed by atoms with Gasteiger partial charge in [0.15, 0.2) is 0 Å². The van der Waals surface area contributed by atoms with Gasteiger partial charge >= 0.3 is 0 Å². The molecule has 172 valence electrons. The first-order valence-corrected chi connectivity index (χ1v) is 11.2. The number of aromatic nitrogens is 4. The molecule has 0 saturated carbocycles. The smallest absolute Gasteiger partial charge is 0.227 e. The van der Waals surface area contributed by atoms with Gasteiger partial charge in [-0.1, -0.05) is 12.1 Å². The normalized spacial score (nSPS) is 13.8. The van der Waals surface area contributed by atoms with E-state index in [0.717, 1.165) is 35.7 Å². The Balaban J connectivity index is 1.22. The molecule has 2 aromatic heterocycles. The molecular weight excluding hydrogens is 418 g/mol. The second-order valence-corrected chi connectivity index (χ2v) is 8.24. The molecule has 2 amide bonds. The number of aryl methyl sites for hydroxylation is 3. The minimum Gasteiger partial charge on any atom is -0.339 e. The summed E-state index contributed by atoms with van der Waals surface area (Å²) in [4.78, 5) is 37.5. The zero-order valence-corrected chi connectivity index (χ0v) is 19.1. The maximum atomic E-state index is 12.7. The number of amides is 2. The van der Waals surface area contributed by atoms with E-state index in [1.54, 1.807) is 18.5 Å². The van der Waals surface area contributed by atoms with Gasteiger partial charge in [-0.05, 0) is 43.7 Å². The number of nitrogens with zero attached hydrogens (tertiary/aromatic N) is 6. The Morgan fingerprint density at radius 1 is 1.00 bits per heavy atom. The van der Waals surface area contributed by atoms with Crippen LogP contribution in [-0.2, 0) is 22.6 Å². The first kappa shape index (κ1) is 22.4. The van der Waals surface area contributed by atoms with Crippen LogP contribution < -0.4 is 10.2 Å². The SMILES string of the molecule is Cc1cc(C)n(CCC(=O)Nc2ccc(CC(=O)N3CCN(c4ncccn4)CC3)cc2)n1. The molecule has 0 radical (unpaired) electrons. The summed E-state index contributed by atoms with van der Waals surface area (Å²) < 4.78 is 1.84. The molecule has 9 nitrogen and oxygen atoms in total. The van der Waals surface area contributed by atoms with Crippen LogP contribution in [0.4, 0.5) is 11.6 Å². The van der Waals surface area contributed by atoms with Crippen molar-refractivity contribution in [2.75, 3.05) is 36.4 Å². The Labute approximate surface area is 193 Å². The lowest BCUT2D eigenvalue weighted by Gasteiger charge is -2.34. The summed E-state index contributed by atoms with van der Waals surface area (Å²) in [6, 6.07) is 11.3. The number of carbonyl (C=O) groups is 2. The molecule has 0 unspecified atom stereocenters. The van der Waals surface area contributed by atoms with Crippen LogP contribution in [0, 0.1) is 13.8 Å². The van der Waals surface area contributed by atoms with Gasteiger partial charge < -0.3 is 15.1 Å². The van der Waals surface area contributed by atoms with Crippen molar-refractivity contribution in [3.8, 4) is 0 Å². The number of hydrogen-bond donors (Lipinski definition) is 1. The fraction of sp³-hybridized carbons (Fsp3) is 0.375. The number of carbonyl (C=O) groups excluding carboxylic acids is 2. The molecule has 1 N–H and O–H groups in total. The third-order valence-corrected chi connectivity index (χ3v) is 5.71. The number of rotatable bonds is 7. The van der Waals surface area contributed by atoms with Crippen molar-refractivity contribution in [1.82, 2.24) is 24.6 Å². The van der Waals surface area contributed by atoms with Crippen molar-refractivity contribution < 1.29 is 9.59 Å². The van der Waals surface area contributed by atoms with E-state index in [4.69, 9.17) is 0 Å². The van der Waals surface area contributed by atoms with Crippen LogP contribution in [0.15, 0.2) is 48.8 Å². The molecule has 0 aliphatic carbocycles. The van der Waals surface area contributed by atoms with Gasteiger partial charge in [0.05, 0.1) is 12.1 Å². The van der Waals surface area contributed by atoms with E-state index >= 15 is 0 Å². The molecule has 1 saturated heterocycles. The van der Waals surface area contributed by atoms with Crippen LogP contribution in [-0.4, -0.2) is 62.6 Å². The summed E-state index contributed by atoms with van der Waals surface area (Å²) >= 11 is 0. The first-order chi connectivity index (χ1) is 16.0. The average Bonchev–Trinajstić information content (AvgIpc) is 3.16. The van der Waals surface area contributed by atoms with Gasteiger partial charge in [-0.2, -0.15) is 5.10 Å². The topological polar surface area (TPSA) is 96.2 Å². The number of piperazine rings is 1. The fourth-order valence-electron chi connectivity index (χ4n) is 3.93. The van der Waals surface area contributed by atoms with E-state index in [0.29, 0.717) is 38.4 Å². The molecule has 1 aliphatic heterocycles. The number of anilines is 2. The Morgan fingerprint density at radius 2 is 1.70 bits per heavy atom. The summed E-state index contributed by atoms with van der Waals surface area (Å²) in [5, 5.41) is 7.29. The molecule has 9 heteroatoms. The lowest BCUT2D eigenvalue weighted by Crippen LogP contribution is -2.49. The Hall–Kier alpha value is -3.75. The van der Waals surface area contributed by atoms with E-state index in [2.05, 4.69) is 25.3 Å². The highest BCUT2D eigenvalue weighted by Crippen LogP contribution is 2.14. The molecule has 1 aromatic carbocycles. The quantitative estimate of drug-likeness (QED) is 0.597. The predicted octanol–water partition coefficient (Wildman–Crippen LogP) is 2.21. The van der Waals surface area contributed by atoms with Gasteiger partial charge in [0.25, 0.3) is 0 Å². The van der Waals surface area contributed by atoms with Crippen molar-refractivity contribution >= 4 is 23.5 Å². The van der Waals surface area contributed by atoms with Gasteiger partial charge in [-0.3, -0.25) is 14.3 Å². The molecule has 3 heterocycles. The van der Waals surface area contributed by atoms with Gasteiger partial charge in [-0.25, -0.2) is 9.97 Å². The minimum atomic E-state index is -0.0633. The largest absolute Gasteiger partial charge is 0.339 e. The van der Waals surface area contributed by atoms with Gasteiger partial charge in [0.1, 0.15) is 0 Å². The summed E-state index contributed by atoms with van der Waals surface area (Å²) in [5.74, 6) is 0.744. The zero-order valence-electron chi connectivity index (χ0n) is 19.1. The highest BCUT2D eigenvalue weighted by atomic mass is 16.2. The average molecular weight is 448 g/mol. The molecule has 1 aliphatic rings. The maximum absolute atomic E-state index is 12.7. The van der Waals surface area contributed by atoms with Crippen LogP contribution in [0.3, 0.4) is 0 Å². The molecule has 33 heavy (non-hydrogen) atoms. The molecule has 0 spiro atoms. The monoisotopic (exact) mass is 447 g/mol. The second-order valence-electron chi connectivity index (χ2n) is 8.24. The summed E-state index contributed by atoms with van der Waals surface area (Å²) in [7, 11) is 0. The van der Waals surface area contributed by atoms with Crippen molar-refractivity contribution in [2.24, 2.45) is 0 Å². The summed E-state index contributed by atoms with van der Waals surface area (Å²) in [6.07, 6.45) is 4.15. The predicted molar refractivity (Wildman–Crippen MR) is 126 cm³/mol. The van der Waals surface area contributed by atoms with Gasteiger partial charge in [-0.15, -0.1) is 0 Å². The lowest BCUT2D eigenvalue weighted by molar-refractivity contribution is -0.130. The third-order valence-electron chi connectivity index (χ3n) is 5.71. The number of nitrogens with one attached hydrogen (secondary N) is 1. The Morgan fingerprint density at radius 3 is 2.33 bits per heavy atom. The van der Waals surface area contributed by atoms with Crippen LogP contribution in [0.5, 0.6) is 0 Å². The van der Waals surface area contributed by atoms with Crippen molar-refractivity contribution in [3.63, 3.8) is 0 Å². The highest BCUT2D eigenvalue weighted by molar-refractivity contribution is 5.90. The summed E-state index contributed by atoms with van der Waals surface area (Å²) in [6.45, 7) is 7.21. The fourth-order valence-corrected chi connectivity index (χ4v) is 3.93. The Kier molecular flexibility index (Phi) is 6.97. The van der Waals surface area contributed by atoms with Crippen LogP contribution >= 0.6 is 0 Å². The molecule has 0 bridgehead atoms. The van der Waals surface area contributed by atoms with Gasteiger partial charge in [0, 0.05) is 62.9 Å². The van der Waals surface area contributed by atoms with E-state index in [1.165, 1.54) is 0 Å².